The Morgan fingerprint density at radius 1 is 1.50 bits per heavy atom. The van der Waals surface area contributed by atoms with Gasteiger partial charge in [-0.05, 0) is 65.0 Å². The highest BCUT2D eigenvalue weighted by Crippen LogP contribution is 2.37. The van der Waals surface area contributed by atoms with Crippen LogP contribution in [0.1, 0.15) is 28.6 Å². The fourth-order valence-electron chi connectivity index (χ4n) is 2.80. The molecule has 2 atom stereocenters. The Labute approximate surface area is 103 Å². The molecule has 2 nitrogen and oxygen atoms in total. The quantitative estimate of drug-likeness (QED) is 0.871. The van der Waals surface area contributed by atoms with E-state index in [2.05, 4.69) is 43.4 Å². The Morgan fingerprint density at radius 2 is 2.31 bits per heavy atom. The van der Waals surface area contributed by atoms with Crippen LogP contribution in [0.2, 0.25) is 0 Å². The van der Waals surface area contributed by atoms with Gasteiger partial charge in [0, 0.05) is 15.8 Å². The Bertz CT molecular complexity index is 332. The van der Waals surface area contributed by atoms with Crippen LogP contribution in [-0.2, 0) is 0 Å². The van der Waals surface area contributed by atoms with E-state index < -0.39 is 0 Å². The van der Waals surface area contributed by atoms with E-state index in [1.165, 1.54) is 24.3 Å². The molecule has 1 aromatic rings. The number of nitrogens with one attached hydrogen (secondary N) is 1. The van der Waals surface area contributed by atoms with Gasteiger partial charge in [0.25, 0.3) is 0 Å². The number of aryl methyl sites for hydroxylation is 1. The lowest BCUT2D eigenvalue weighted by Crippen LogP contribution is -2.39. The Hall–Kier alpha value is -0.380. The molecule has 16 heavy (non-hydrogen) atoms. The molecule has 2 heterocycles. The van der Waals surface area contributed by atoms with Crippen molar-refractivity contribution in [2.24, 2.45) is 5.92 Å². The van der Waals surface area contributed by atoms with Gasteiger partial charge in [0.1, 0.15) is 0 Å². The molecule has 1 N–H and O–H groups in total. The molecule has 0 bridgehead atoms. The summed E-state index contributed by atoms with van der Waals surface area (Å²) < 4.78 is 0. The predicted molar refractivity (Wildman–Crippen MR) is 71.1 cm³/mol. The number of likely N-dealkylation sites (tertiary alicyclic amines) is 1. The monoisotopic (exact) mass is 238 g/mol. The second-order valence-electron chi connectivity index (χ2n) is 4.83. The standard InChI is InChI=1S/C13H22N2S/c1-10-6-7-12(16-10)13-11(9-14-2)5-4-8-15(13)3/h6-7,11,13-14H,4-5,8-9H2,1-3H3. The molecule has 2 rings (SSSR count). The van der Waals surface area contributed by atoms with Gasteiger partial charge < -0.3 is 5.32 Å². The molecule has 1 aliphatic heterocycles. The summed E-state index contributed by atoms with van der Waals surface area (Å²) >= 11 is 1.96. The SMILES string of the molecule is CNCC1CCCN(C)C1c1ccc(C)s1. The molecule has 0 spiro atoms. The van der Waals surface area contributed by atoms with Crippen LogP contribution in [0.15, 0.2) is 12.1 Å². The summed E-state index contributed by atoms with van der Waals surface area (Å²) in [5, 5.41) is 3.34. The minimum absolute atomic E-state index is 0.625. The molecule has 0 amide bonds. The highest BCUT2D eigenvalue weighted by molar-refractivity contribution is 7.12. The molecule has 0 aromatic carbocycles. The van der Waals surface area contributed by atoms with Gasteiger partial charge in [0.15, 0.2) is 0 Å². The second kappa shape index (κ2) is 5.30. The molecule has 2 unspecified atom stereocenters. The maximum Gasteiger partial charge on any atom is 0.0478 e. The lowest BCUT2D eigenvalue weighted by molar-refractivity contribution is 0.123. The summed E-state index contributed by atoms with van der Waals surface area (Å²) in [6, 6.07) is 5.19. The van der Waals surface area contributed by atoms with Gasteiger partial charge in [-0.15, -0.1) is 11.3 Å². The van der Waals surface area contributed by atoms with Crippen LogP contribution in [0.4, 0.5) is 0 Å². The van der Waals surface area contributed by atoms with E-state index in [1.807, 2.05) is 11.3 Å². The van der Waals surface area contributed by atoms with Crippen molar-refractivity contribution in [2.45, 2.75) is 25.8 Å². The van der Waals surface area contributed by atoms with Crippen molar-refractivity contribution < 1.29 is 0 Å². The van der Waals surface area contributed by atoms with Crippen LogP contribution >= 0.6 is 11.3 Å². The van der Waals surface area contributed by atoms with E-state index in [-0.39, 0.29) is 0 Å². The highest BCUT2D eigenvalue weighted by Gasteiger charge is 2.30. The maximum absolute atomic E-state index is 3.34. The lowest BCUT2D eigenvalue weighted by Gasteiger charge is -2.38. The van der Waals surface area contributed by atoms with Gasteiger partial charge in [-0.2, -0.15) is 0 Å². The average Bonchev–Trinajstić information content (AvgIpc) is 2.65. The largest absolute Gasteiger partial charge is 0.319 e. The van der Waals surface area contributed by atoms with Crippen LogP contribution in [0.25, 0.3) is 0 Å². The normalized spacial score (nSPS) is 27.2. The van der Waals surface area contributed by atoms with Crippen molar-refractivity contribution in [3.05, 3.63) is 21.9 Å². The zero-order chi connectivity index (χ0) is 11.5. The number of rotatable bonds is 3. The Morgan fingerprint density at radius 3 is 2.94 bits per heavy atom. The van der Waals surface area contributed by atoms with Gasteiger partial charge in [0.2, 0.25) is 0 Å². The molecule has 90 valence electrons. The minimum atomic E-state index is 0.625. The Kier molecular flexibility index (Phi) is 4.00. The predicted octanol–water partition coefficient (Wildman–Crippen LogP) is 2.66. The first kappa shape index (κ1) is 12.1. The summed E-state index contributed by atoms with van der Waals surface area (Å²) in [7, 11) is 4.33. The van der Waals surface area contributed by atoms with Crippen LogP contribution in [0, 0.1) is 12.8 Å². The molecule has 1 fully saturated rings. The first-order valence-electron chi connectivity index (χ1n) is 6.13. The van der Waals surface area contributed by atoms with Crippen LogP contribution in [0.3, 0.4) is 0 Å². The van der Waals surface area contributed by atoms with Gasteiger partial charge in [-0.25, -0.2) is 0 Å². The van der Waals surface area contributed by atoms with Gasteiger partial charge in [0.05, 0.1) is 0 Å². The molecule has 0 radical (unpaired) electrons. The third kappa shape index (κ3) is 2.47. The minimum Gasteiger partial charge on any atom is -0.319 e. The maximum atomic E-state index is 3.34. The first-order valence-corrected chi connectivity index (χ1v) is 6.95. The molecular formula is C13H22N2S. The van der Waals surface area contributed by atoms with E-state index in [9.17, 15) is 0 Å². The number of piperidine rings is 1. The van der Waals surface area contributed by atoms with Crippen LogP contribution in [-0.4, -0.2) is 32.1 Å². The summed E-state index contributed by atoms with van der Waals surface area (Å²) in [6.07, 6.45) is 2.69. The number of hydrogen-bond acceptors (Lipinski definition) is 3. The fourth-order valence-corrected chi connectivity index (χ4v) is 3.93. The van der Waals surface area contributed by atoms with E-state index in [0.29, 0.717) is 6.04 Å². The number of hydrogen-bond donors (Lipinski definition) is 1. The summed E-state index contributed by atoms with van der Waals surface area (Å²) in [6.45, 7) is 4.57. The number of nitrogens with zero attached hydrogens (tertiary/aromatic N) is 1. The van der Waals surface area contributed by atoms with Crippen LogP contribution in [0.5, 0.6) is 0 Å². The topological polar surface area (TPSA) is 15.3 Å². The van der Waals surface area contributed by atoms with Crippen molar-refractivity contribution in [3.8, 4) is 0 Å². The third-order valence-electron chi connectivity index (χ3n) is 3.53. The molecule has 0 saturated carbocycles. The molecule has 1 saturated heterocycles. The molecule has 1 aliphatic rings. The van der Waals surface area contributed by atoms with Gasteiger partial charge >= 0.3 is 0 Å². The number of thiophene rings is 1. The molecular weight excluding hydrogens is 216 g/mol. The van der Waals surface area contributed by atoms with Crippen molar-refractivity contribution in [1.82, 2.24) is 10.2 Å². The van der Waals surface area contributed by atoms with E-state index >= 15 is 0 Å². The molecule has 0 aliphatic carbocycles. The van der Waals surface area contributed by atoms with E-state index in [0.717, 1.165) is 12.5 Å². The van der Waals surface area contributed by atoms with Crippen molar-refractivity contribution in [1.29, 1.82) is 0 Å². The summed E-state index contributed by atoms with van der Waals surface area (Å²) in [5.74, 6) is 0.766. The van der Waals surface area contributed by atoms with Crippen molar-refractivity contribution in [2.75, 3.05) is 27.2 Å². The highest BCUT2D eigenvalue weighted by atomic mass is 32.1. The van der Waals surface area contributed by atoms with Crippen LogP contribution < -0.4 is 5.32 Å². The average molecular weight is 238 g/mol. The Balaban J connectivity index is 2.18. The smallest absolute Gasteiger partial charge is 0.0478 e. The second-order valence-corrected chi connectivity index (χ2v) is 6.15. The van der Waals surface area contributed by atoms with Gasteiger partial charge in [-0.1, -0.05) is 0 Å². The van der Waals surface area contributed by atoms with Gasteiger partial charge in [-0.3, -0.25) is 4.90 Å². The zero-order valence-electron chi connectivity index (χ0n) is 10.5. The lowest BCUT2D eigenvalue weighted by atomic mass is 9.88. The molecule has 1 aromatic heterocycles. The summed E-state index contributed by atoms with van der Waals surface area (Å²) in [5.41, 5.74) is 0. The summed E-state index contributed by atoms with van der Waals surface area (Å²) in [4.78, 5) is 5.49. The first-order chi connectivity index (χ1) is 7.72. The van der Waals surface area contributed by atoms with E-state index in [4.69, 9.17) is 0 Å². The molecule has 3 heteroatoms. The van der Waals surface area contributed by atoms with Crippen molar-refractivity contribution in [3.63, 3.8) is 0 Å². The van der Waals surface area contributed by atoms with Crippen molar-refractivity contribution >= 4 is 11.3 Å². The third-order valence-corrected chi connectivity index (χ3v) is 4.60. The van der Waals surface area contributed by atoms with E-state index in [1.54, 1.807) is 4.88 Å². The zero-order valence-corrected chi connectivity index (χ0v) is 11.3. The fraction of sp³-hybridized carbons (Fsp3) is 0.692.